The SMILES string of the molecule is Cc1cc(C)c(-c2c3nc(c(-c4ccc(C#Cc5ccc(C#N)c(C#N)c5)cc4)c4nc(c(-c5c(C)cc(C)cc5C)c5ccc([nH]5)c(-c5ccc(I)cc5)c5ccc2[nH]5)C=C4)C=C3)c(C)c1. The zero-order valence-corrected chi connectivity index (χ0v) is 40.1. The van der Waals surface area contributed by atoms with Crippen molar-refractivity contribution in [3.63, 3.8) is 0 Å². The smallest absolute Gasteiger partial charge is 0.101 e. The second-order valence-electron chi connectivity index (χ2n) is 17.4. The third kappa shape index (κ3) is 8.07. The van der Waals surface area contributed by atoms with Crippen molar-refractivity contribution in [2.45, 2.75) is 41.5 Å². The van der Waals surface area contributed by atoms with Crippen molar-refractivity contribution < 1.29 is 0 Å². The van der Waals surface area contributed by atoms with Gasteiger partial charge in [0.05, 0.1) is 33.9 Å². The molecular weight excluding hydrogens is 932 g/mol. The Bertz CT molecular complexity index is 3580. The number of aromatic nitrogens is 4. The van der Waals surface area contributed by atoms with E-state index in [1.54, 1.807) is 18.2 Å². The lowest BCUT2D eigenvalue weighted by Gasteiger charge is -2.13. The summed E-state index contributed by atoms with van der Waals surface area (Å²) in [4.78, 5) is 18.9. The summed E-state index contributed by atoms with van der Waals surface area (Å²) in [6.45, 7) is 13.0. The van der Waals surface area contributed by atoms with Gasteiger partial charge in [-0.25, -0.2) is 9.97 Å². The maximum absolute atomic E-state index is 9.57. The Labute approximate surface area is 404 Å². The van der Waals surface area contributed by atoms with Crippen LogP contribution in [0.5, 0.6) is 0 Å². The number of nitrogens with zero attached hydrogens (tertiary/aromatic N) is 4. The van der Waals surface area contributed by atoms with Gasteiger partial charge in [0.1, 0.15) is 12.1 Å². The topological polar surface area (TPSA) is 105 Å². The Morgan fingerprint density at radius 3 is 1.25 bits per heavy atom. The molecule has 8 bridgehead atoms. The van der Waals surface area contributed by atoms with Gasteiger partial charge in [-0.1, -0.05) is 71.5 Å². The third-order valence-corrected chi connectivity index (χ3v) is 13.2. The number of nitrogens with one attached hydrogen (secondary N) is 2. The largest absolute Gasteiger partial charge is 0.354 e. The van der Waals surface area contributed by atoms with Crippen molar-refractivity contribution in [3.8, 4) is 68.5 Å². The van der Waals surface area contributed by atoms with Gasteiger partial charge in [0, 0.05) is 59.0 Å². The monoisotopic (exact) mass is 974 g/mol. The summed E-state index contributed by atoms with van der Waals surface area (Å²) in [7, 11) is 0. The molecule has 3 aromatic heterocycles. The molecule has 0 saturated carbocycles. The Morgan fingerprint density at radius 1 is 0.403 bits per heavy atom. The average Bonchev–Trinajstić information content (AvgIpc) is 4.16. The molecule has 0 unspecified atom stereocenters. The number of rotatable bonds is 4. The number of hydrogen-bond donors (Lipinski definition) is 2. The van der Waals surface area contributed by atoms with Crippen molar-refractivity contribution >= 4 is 69.0 Å². The Hall–Kier alpha value is -8.03. The number of benzene rings is 5. The molecule has 0 atom stereocenters. The van der Waals surface area contributed by atoms with Gasteiger partial charge < -0.3 is 9.97 Å². The normalized spacial score (nSPS) is 11.5. The molecule has 5 aromatic carbocycles. The first-order chi connectivity index (χ1) is 32.5. The van der Waals surface area contributed by atoms with Crippen LogP contribution in [0.1, 0.15) is 78.4 Å². The van der Waals surface area contributed by atoms with Gasteiger partial charge in [0.15, 0.2) is 0 Å². The summed E-state index contributed by atoms with van der Waals surface area (Å²) < 4.78 is 1.17. The van der Waals surface area contributed by atoms with Crippen LogP contribution in [0.4, 0.5) is 0 Å². The van der Waals surface area contributed by atoms with E-state index in [2.05, 4.69) is 207 Å². The molecule has 0 amide bonds. The fraction of sp³-hybridized carbons (Fsp3) is 0.100. The fourth-order valence-electron chi connectivity index (χ4n) is 9.78. The maximum Gasteiger partial charge on any atom is 0.101 e. The van der Waals surface area contributed by atoms with Crippen molar-refractivity contribution in [1.29, 1.82) is 10.5 Å². The minimum atomic E-state index is 0.309. The lowest BCUT2D eigenvalue weighted by atomic mass is 9.92. The van der Waals surface area contributed by atoms with E-state index >= 15 is 0 Å². The van der Waals surface area contributed by atoms with Gasteiger partial charge >= 0.3 is 0 Å². The van der Waals surface area contributed by atoms with Crippen molar-refractivity contribution in [3.05, 3.63) is 197 Å². The summed E-state index contributed by atoms with van der Waals surface area (Å²) in [5.74, 6) is 6.44. The maximum atomic E-state index is 9.57. The summed E-state index contributed by atoms with van der Waals surface area (Å²) in [5, 5.41) is 19.0. The summed E-state index contributed by atoms with van der Waals surface area (Å²) >= 11 is 2.37. The van der Waals surface area contributed by atoms with Gasteiger partial charge in [0.25, 0.3) is 0 Å². The van der Waals surface area contributed by atoms with Crippen molar-refractivity contribution in [1.82, 2.24) is 19.9 Å². The number of hydrogen-bond acceptors (Lipinski definition) is 4. The van der Waals surface area contributed by atoms with E-state index in [4.69, 9.17) is 9.97 Å². The number of aromatic amines is 2. The van der Waals surface area contributed by atoms with E-state index in [9.17, 15) is 10.5 Å². The molecule has 67 heavy (non-hydrogen) atoms. The molecule has 0 fully saturated rings. The van der Waals surface area contributed by atoms with Crippen LogP contribution in [0.3, 0.4) is 0 Å². The molecule has 10 rings (SSSR count). The highest BCUT2D eigenvalue weighted by molar-refractivity contribution is 14.1. The highest BCUT2D eigenvalue weighted by Crippen LogP contribution is 2.41. The first-order valence-electron chi connectivity index (χ1n) is 22.1. The quantitative estimate of drug-likeness (QED) is 0.135. The van der Waals surface area contributed by atoms with Crippen LogP contribution in [0.2, 0.25) is 0 Å². The number of aryl methyl sites for hydroxylation is 6. The lowest BCUT2D eigenvalue weighted by molar-refractivity contribution is 1.26. The first-order valence-corrected chi connectivity index (χ1v) is 23.2. The van der Waals surface area contributed by atoms with Crippen LogP contribution in [-0.4, -0.2) is 19.9 Å². The number of nitriles is 2. The molecule has 6 nitrogen and oxygen atoms in total. The highest BCUT2D eigenvalue weighted by atomic mass is 127. The minimum absolute atomic E-state index is 0.309. The molecule has 8 aromatic rings. The first kappa shape index (κ1) is 42.9. The standard InChI is InChI=1S/C60H43IN6/c1-34-27-36(3)55(37(4)28-34)59-51-23-19-47(64-51)57(42-12-9-40(10-13-42)7-8-41-11-14-44(32-62)45(31-41)33-63)48-20-24-52(65-48)60(56-38(5)29-35(2)30-39(56)6)54-26-22-50(67-54)58(49-21-25-53(59)66-49)43-15-17-46(61)18-16-43/h9-31,66-67H,1-6H3. The minimum Gasteiger partial charge on any atom is -0.354 e. The third-order valence-electron chi connectivity index (χ3n) is 12.5. The summed E-state index contributed by atoms with van der Waals surface area (Å²) in [6, 6.07) is 43.9. The lowest BCUT2D eigenvalue weighted by Crippen LogP contribution is -1.95. The number of H-pyrrole nitrogens is 2. The van der Waals surface area contributed by atoms with Gasteiger partial charge in [-0.05, 0) is 200 Å². The second kappa shape index (κ2) is 17.4. The Kier molecular flexibility index (Phi) is 11.1. The molecule has 2 aliphatic rings. The van der Waals surface area contributed by atoms with E-state index in [-0.39, 0.29) is 0 Å². The predicted molar refractivity (Wildman–Crippen MR) is 284 cm³/mol. The van der Waals surface area contributed by atoms with Crippen molar-refractivity contribution in [2.75, 3.05) is 0 Å². The summed E-state index contributed by atoms with van der Waals surface area (Å²) in [6.07, 6.45) is 8.50. The van der Waals surface area contributed by atoms with E-state index in [0.29, 0.717) is 16.7 Å². The van der Waals surface area contributed by atoms with Crippen LogP contribution in [0.25, 0.3) is 90.9 Å². The van der Waals surface area contributed by atoms with E-state index in [1.165, 1.54) is 37.0 Å². The van der Waals surface area contributed by atoms with Crippen LogP contribution >= 0.6 is 22.6 Å². The highest BCUT2D eigenvalue weighted by Gasteiger charge is 2.22. The van der Waals surface area contributed by atoms with E-state index in [1.807, 2.05) is 12.1 Å². The second-order valence-corrected chi connectivity index (χ2v) is 18.6. The van der Waals surface area contributed by atoms with Crippen molar-refractivity contribution in [2.24, 2.45) is 0 Å². The molecule has 2 aliphatic heterocycles. The molecule has 5 heterocycles. The molecule has 0 radical (unpaired) electrons. The zero-order chi connectivity index (χ0) is 46.5. The van der Waals surface area contributed by atoms with Crippen LogP contribution < -0.4 is 0 Å². The van der Waals surface area contributed by atoms with Crippen LogP contribution in [-0.2, 0) is 0 Å². The van der Waals surface area contributed by atoms with Gasteiger partial charge in [-0.2, -0.15) is 10.5 Å². The van der Waals surface area contributed by atoms with E-state index < -0.39 is 0 Å². The van der Waals surface area contributed by atoms with Crippen LogP contribution in [0, 0.1) is 79.6 Å². The molecule has 320 valence electrons. The molecule has 2 N–H and O–H groups in total. The van der Waals surface area contributed by atoms with Crippen LogP contribution in [0.15, 0.2) is 115 Å². The molecule has 0 saturated heterocycles. The predicted octanol–water partition coefficient (Wildman–Crippen LogP) is 14.9. The fourth-order valence-corrected chi connectivity index (χ4v) is 10.1. The average molecular weight is 975 g/mol. The zero-order valence-electron chi connectivity index (χ0n) is 37.9. The Morgan fingerprint density at radius 2 is 0.791 bits per heavy atom. The number of fused-ring (bicyclic) bond motifs is 8. The van der Waals surface area contributed by atoms with Gasteiger partial charge in [0.2, 0.25) is 0 Å². The van der Waals surface area contributed by atoms with E-state index in [0.717, 1.165) is 94.9 Å². The molecule has 7 heteroatoms. The van der Waals surface area contributed by atoms with Gasteiger partial charge in [-0.3, -0.25) is 0 Å². The summed E-state index contributed by atoms with van der Waals surface area (Å²) in [5.41, 5.74) is 24.8. The molecule has 0 aliphatic carbocycles. The molecular formula is C60H43IN6. The molecule has 0 spiro atoms. The number of halogens is 1. The van der Waals surface area contributed by atoms with Gasteiger partial charge in [-0.15, -0.1) is 0 Å². The Balaban J connectivity index is 1.30.